The van der Waals surface area contributed by atoms with Gasteiger partial charge < -0.3 is 11.1 Å². The van der Waals surface area contributed by atoms with Crippen molar-refractivity contribution in [1.29, 1.82) is 0 Å². The molecule has 0 saturated heterocycles. The first-order chi connectivity index (χ1) is 12.6. The number of nitrogens with two attached hydrogens (primary N) is 1. The summed E-state index contributed by atoms with van der Waals surface area (Å²) in [5.74, 6) is 0.581. The van der Waals surface area contributed by atoms with Crippen molar-refractivity contribution in [2.45, 2.75) is 37.6 Å². The standard InChI is InChI=1S/C17H18ClN7O/c18-16-23-13(19)12-14(24-16)25(10-21-12)17(7-3-1-4-8-17)15(26)22-11-6-2-5-9-20-11/h2,5-6,9-10H,1,3-4,7-8H2,(H2,19,23,24)(H,20,22,26). The third kappa shape index (κ3) is 2.76. The molecule has 0 spiro atoms. The first kappa shape index (κ1) is 16.7. The van der Waals surface area contributed by atoms with E-state index in [1.54, 1.807) is 29.2 Å². The number of anilines is 2. The van der Waals surface area contributed by atoms with E-state index in [0.717, 1.165) is 19.3 Å². The Morgan fingerprint density at radius 2 is 2.00 bits per heavy atom. The molecule has 3 heterocycles. The molecular formula is C17H18ClN7O. The molecule has 1 fully saturated rings. The Balaban J connectivity index is 1.81. The van der Waals surface area contributed by atoms with E-state index in [4.69, 9.17) is 17.3 Å². The molecule has 1 aliphatic rings. The molecule has 1 aliphatic carbocycles. The van der Waals surface area contributed by atoms with Crippen molar-refractivity contribution >= 4 is 40.3 Å². The lowest BCUT2D eigenvalue weighted by Gasteiger charge is -2.37. The van der Waals surface area contributed by atoms with Crippen molar-refractivity contribution in [3.8, 4) is 0 Å². The Bertz CT molecular complexity index is 950. The monoisotopic (exact) mass is 371 g/mol. The number of fused-ring (bicyclic) bond motifs is 1. The lowest BCUT2D eigenvalue weighted by atomic mass is 9.80. The molecular weight excluding hydrogens is 354 g/mol. The smallest absolute Gasteiger partial charge is 0.251 e. The highest BCUT2D eigenvalue weighted by molar-refractivity contribution is 6.28. The third-order valence-electron chi connectivity index (χ3n) is 4.87. The van der Waals surface area contributed by atoms with Crippen LogP contribution in [0.4, 0.5) is 11.6 Å². The van der Waals surface area contributed by atoms with Gasteiger partial charge in [-0.2, -0.15) is 9.97 Å². The van der Waals surface area contributed by atoms with Crippen molar-refractivity contribution in [1.82, 2.24) is 24.5 Å². The molecule has 0 aliphatic heterocycles. The summed E-state index contributed by atoms with van der Waals surface area (Å²) in [6.45, 7) is 0. The van der Waals surface area contributed by atoms with Gasteiger partial charge in [-0.05, 0) is 36.6 Å². The molecule has 3 aromatic heterocycles. The van der Waals surface area contributed by atoms with Crippen molar-refractivity contribution in [3.05, 3.63) is 36.0 Å². The van der Waals surface area contributed by atoms with E-state index in [-0.39, 0.29) is 17.0 Å². The summed E-state index contributed by atoms with van der Waals surface area (Å²) in [5, 5.41) is 2.96. The minimum atomic E-state index is -0.811. The first-order valence-electron chi connectivity index (χ1n) is 8.49. The van der Waals surface area contributed by atoms with Gasteiger partial charge in [-0.1, -0.05) is 25.3 Å². The van der Waals surface area contributed by atoms with Gasteiger partial charge in [-0.3, -0.25) is 9.36 Å². The number of hydrogen-bond donors (Lipinski definition) is 2. The lowest BCUT2D eigenvalue weighted by Crippen LogP contribution is -2.47. The van der Waals surface area contributed by atoms with Crippen LogP contribution in [-0.4, -0.2) is 30.4 Å². The van der Waals surface area contributed by atoms with E-state index in [9.17, 15) is 4.79 Å². The number of nitrogens with one attached hydrogen (secondary N) is 1. The number of carbonyl (C=O) groups is 1. The van der Waals surface area contributed by atoms with Crippen molar-refractivity contribution < 1.29 is 4.79 Å². The summed E-state index contributed by atoms with van der Waals surface area (Å²) in [5.41, 5.74) is 6.03. The van der Waals surface area contributed by atoms with Gasteiger partial charge in [0.15, 0.2) is 11.5 Å². The summed E-state index contributed by atoms with van der Waals surface area (Å²) < 4.78 is 1.80. The molecule has 0 unspecified atom stereocenters. The second-order valence-corrected chi connectivity index (χ2v) is 6.76. The van der Waals surface area contributed by atoms with E-state index in [0.29, 0.717) is 29.8 Å². The number of hydrogen-bond acceptors (Lipinski definition) is 6. The molecule has 0 radical (unpaired) electrons. The Labute approximate surface area is 154 Å². The molecule has 8 nitrogen and oxygen atoms in total. The fourth-order valence-corrected chi connectivity index (χ4v) is 3.76. The average Bonchev–Trinajstić information content (AvgIpc) is 3.07. The van der Waals surface area contributed by atoms with Crippen LogP contribution in [0.15, 0.2) is 30.7 Å². The number of nitrogen functional groups attached to an aromatic ring is 1. The van der Waals surface area contributed by atoms with Gasteiger partial charge in [0.2, 0.25) is 5.28 Å². The first-order valence-corrected chi connectivity index (χ1v) is 8.87. The number of amides is 1. The maximum Gasteiger partial charge on any atom is 0.251 e. The van der Waals surface area contributed by atoms with Crippen molar-refractivity contribution in [2.75, 3.05) is 11.1 Å². The molecule has 9 heteroatoms. The fraction of sp³-hybridized carbons (Fsp3) is 0.353. The SMILES string of the molecule is Nc1nc(Cl)nc2c1ncn2C1(C(=O)Nc2ccccn2)CCCCC1. The van der Waals surface area contributed by atoms with E-state index >= 15 is 0 Å². The molecule has 1 amide bonds. The number of nitrogens with zero attached hydrogens (tertiary/aromatic N) is 5. The van der Waals surface area contributed by atoms with Crippen LogP contribution in [0.5, 0.6) is 0 Å². The van der Waals surface area contributed by atoms with Gasteiger partial charge in [0.05, 0.1) is 6.33 Å². The largest absolute Gasteiger partial charge is 0.382 e. The number of rotatable bonds is 3. The van der Waals surface area contributed by atoms with Crippen LogP contribution in [0.1, 0.15) is 32.1 Å². The van der Waals surface area contributed by atoms with E-state index in [2.05, 4.69) is 25.3 Å². The van der Waals surface area contributed by atoms with E-state index < -0.39 is 5.54 Å². The fourth-order valence-electron chi connectivity index (χ4n) is 3.59. The summed E-state index contributed by atoms with van der Waals surface area (Å²) >= 11 is 5.99. The highest BCUT2D eigenvalue weighted by Gasteiger charge is 2.43. The van der Waals surface area contributed by atoms with E-state index in [1.807, 2.05) is 6.07 Å². The van der Waals surface area contributed by atoms with Gasteiger partial charge in [0.25, 0.3) is 5.91 Å². The molecule has 3 aromatic rings. The molecule has 0 atom stereocenters. The second kappa shape index (κ2) is 6.53. The molecule has 1 saturated carbocycles. The summed E-state index contributed by atoms with van der Waals surface area (Å²) in [6.07, 6.45) is 7.56. The predicted octanol–water partition coefficient (Wildman–Crippen LogP) is 2.76. The third-order valence-corrected chi connectivity index (χ3v) is 5.04. The molecule has 0 bridgehead atoms. The van der Waals surface area contributed by atoms with Crippen LogP contribution in [0.3, 0.4) is 0 Å². The maximum absolute atomic E-state index is 13.3. The maximum atomic E-state index is 13.3. The quantitative estimate of drug-likeness (QED) is 0.684. The summed E-state index contributed by atoms with van der Waals surface area (Å²) in [7, 11) is 0. The van der Waals surface area contributed by atoms with E-state index in [1.165, 1.54) is 0 Å². The van der Waals surface area contributed by atoms with Crippen molar-refractivity contribution in [2.24, 2.45) is 0 Å². The molecule has 26 heavy (non-hydrogen) atoms. The average molecular weight is 372 g/mol. The topological polar surface area (TPSA) is 112 Å². The lowest BCUT2D eigenvalue weighted by molar-refractivity contribution is -0.126. The van der Waals surface area contributed by atoms with Crippen LogP contribution in [0.2, 0.25) is 5.28 Å². The van der Waals surface area contributed by atoms with Crippen LogP contribution >= 0.6 is 11.6 Å². The predicted molar refractivity (Wildman–Crippen MR) is 98.7 cm³/mol. The minimum Gasteiger partial charge on any atom is -0.382 e. The molecule has 134 valence electrons. The number of aromatic nitrogens is 5. The molecule has 3 N–H and O–H groups in total. The van der Waals surface area contributed by atoms with Gasteiger partial charge in [-0.15, -0.1) is 0 Å². The molecule has 0 aromatic carbocycles. The number of carbonyl (C=O) groups excluding carboxylic acids is 1. The minimum absolute atomic E-state index is 0.0350. The number of imidazole rings is 1. The second-order valence-electron chi connectivity index (χ2n) is 6.43. The number of pyridine rings is 1. The van der Waals surface area contributed by atoms with Crippen LogP contribution < -0.4 is 11.1 Å². The van der Waals surface area contributed by atoms with Crippen LogP contribution in [0, 0.1) is 0 Å². The summed E-state index contributed by atoms with van der Waals surface area (Å²) in [4.78, 5) is 30.0. The summed E-state index contributed by atoms with van der Waals surface area (Å²) in [6, 6.07) is 5.39. The van der Waals surface area contributed by atoms with Crippen LogP contribution in [-0.2, 0) is 10.3 Å². The normalized spacial score (nSPS) is 16.5. The molecule has 4 rings (SSSR count). The zero-order valence-electron chi connectivity index (χ0n) is 14.0. The van der Waals surface area contributed by atoms with Crippen LogP contribution in [0.25, 0.3) is 11.2 Å². The number of halogens is 1. The van der Waals surface area contributed by atoms with Crippen molar-refractivity contribution in [3.63, 3.8) is 0 Å². The van der Waals surface area contributed by atoms with Gasteiger partial charge in [0.1, 0.15) is 16.9 Å². The highest BCUT2D eigenvalue weighted by atomic mass is 35.5. The Kier molecular flexibility index (Phi) is 4.20. The highest BCUT2D eigenvalue weighted by Crippen LogP contribution is 2.38. The Hall–Kier alpha value is -2.74. The zero-order valence-corrected chi connectivity index (χ0v) is 14.8. The van der Waals surface area contributed by atoms with Gasteiger partial charge >= 0.3 is 0 Å². The Morgan fingerprint density at radius 1 is 1.19 bits per heavy atom. The van der Waals surface area contributed by atoms with Gasteiger partial charge in [0, 0.05) is 6.20 Å². The zero-order chi connectivity index (χ0) is 18.1. The van der Waals surface area contributed by atoms with Gasteiger partial charge in [-0.25, -0.2) is 9.97 Å². The Morgan fingerprint density at radius 3 is 2.73 bits per heavy atom.